The Morgan fingerprint density at radius 2 is 2.39 bits per heavy atom. The van der Waals surface area contributed by atoms with E-state index in [4.69, 9.17) is 16.3 Å². The van der Waals surface area contributed by atoms with Gasteiger partial charge in [-0.25, -0.2) is 0 Å². The summed E-state index contributed by atoms with van der Waals surface area (Å²) in [6, 6.07) is 5.29. The van der Waals surface area contributed by atoms with Crippen LogP contribution in [0.2, 0.25) is 0 Å². The molecule has 98 valence electrons. The number of halogens is 1. The van der Waals surface area contributed by atoms with E-state index in [1.807, 2.05) is 17.9 Å². The second-order valence-electron chi connectivity index (χ2n) is 4.33. The summed E-state index contributed by atoms with van der Waals surface area (Å²) in [6.07, 6.45) is 0. The van der Waals surface area contributed by atoms with Crippen molar-refractivity contribution in [1.29, 1.82) is 0 Å². The third kappa shape index (κ3) is 2.57. The molecule has 1 fully saturated rings. The average molecular weight is 271 g/mol. The first-order valence-electron chi connectivity index (χ1n) is 5.81. The third-order valence-corrected chi connectivity index (χ3v) is 3.38. The molecule has 0 N–H and O–H groups in total. The normalized spacial score (nSPS) is 19.9. The molecule has 0 bridgehead atoms. The van der Waals surface area contributed by atoms with Crippen LogP contribution in [0.5, 0.6) is 0 Å². The molecule has 1 aromatic rings. The molecule has 1 saturated heterocycles. The lowest BCUT2D eigenvalue weighted by atomic mass is 10.1. The van der Waals surface area contributed by atoms with Crippen molar-refractivity contribution in [3.63, 3.8) is 0 Å². The molecule has 0 spiro atoms. The van der Waals surface area contributed by atoms with Crippen LogP contribution >= 0.6 is 11.6 Å². The van der Waals surface area contributed by atoms with E-state index >= 15 is 0 Å². The van der Waals surface area contributed by atoms with Gasteiger partial charge in [-0.05, 0) is 18.6 Å². The van der Waals surface area contributed by atoms with Gasteiger partial charge in [0.1, 0.15) is 5.69 Å². The van der Waals surface area contributed by atoms with Crippen LogP contribution in [0.4, 0.5) is 11.4 Å². The van der Waals surface area contributed by atoms with Gasteiger partial charge < -0.3 is 9.64 Å². The average Bonchev–Trinajstić information content (AvgIpc) is 2.38. The molecule has 1 aliphatic rings. The molecule has 1 aromatic carbocycles. The summed E-state index contributed by atoms with van der Waals surface area (Å²) >= 11 is 5.71. The van der Waals surface area contributed by atoms with Gasteiger partial charge in [0.2, 0.25) is 0 Å². The smallest absolute Gasteiger partial charge is 0.292 e. The summed E-state index contributed by atoms with van der Waals surface area (Å²) in [5.41, 5.74) is 1.51. The summed E-state index contributed by atoms with van der Waals surface area (Å²) in [4.78, 5) is 12.8. The van der Waals surface area contributed by atoms with Gasteiger partial charge >= 0.3 is 0 Å². The Morgan fingerprint density at radius 3 is 3.00 bits per heavy atom. The summed E-state index contributed by atoms with van der Waals surface area (Å²) in [7, 11) is 0. The molecule has 1 aliphatic heterocycles. The molecule has 6 heteroatoms. The van der Waals surface area contributed by atoms with Crippen molar-refractivity contribution in [2.45, 2.75) is 18.8 Å². The second kappa shape index (κ2) is 5.54. The van der Waals surface area contributed by atoms with Crippen LogP contribution in [0.15, 0.2) is 18.2 Å². The molecule has 1 unspecified atom stereocenters. The Balaban J connectivity index is 2.39. The molecular formula is C12H15ClN2O3. The SMILES string of the molecule is CC1COCCN1c1ccc(CCl)cc1[N+](=O)[O-]. The van der Waals surface area contributed by atoms with Crippen molar-refractivity contribution >= 4 is 23.0 Å². The van der Waals surface area contributed by atoms with E-state index in [0.717, 1.165) is 5.56 Å². The van der Waals surface area contributed by atoms with E-state index in [2.05, 4.69) is 0 Å². The first-order valence-corrected chi connectivity index (χ1v) is 6.34. The zero-order valence-corrected chi connectivity index (χ0v) is 10.9. The maximum atomic E-state index is 11.1. The summed E-state index contributed by atoms with van der Waals surface area (Å²) in [6.45, 7) is 3.85. The van der Waals surface area contributed by atoms with Crippen molar-refractivity contribution in [1.82, 2.24) is 0 Å². The topological polar surface area (TPSA) is 55.6 Å². The first-order chi connectivity index (χ1) is 8.63. The van der Waals surface area contributed by atoms with Crippen molar-refractivity contribution in [3.05, 3.63) is 33.9 Å². The van der Waals surface area contributed by atoms with Crippen molar-refractivity contribution in [2.75, 3.05) is 24.7 Å². The maximum absolute atomic E-state index is 11.1. The number of benzene rings is 1. The van der Waals surface area contributed by atoms with E-state index in [1.165, 1.54) is 0 Å². The van der Waals surface area contributed by atoms with Gasteiger partial charge in [0.25, 0.3) is 5.69 Å². The van der Waals surface area contributed by atoms with Gasteiger partial charge in [-0.2, -0.15) is 0 Å². The van der Waals surface area contributed by atoms with Crippen LogP contribution in [-0.2, 0) is 10.6 Å². The number of ether oxygens (including phenoxy) is 1. The Bertz CT molecular complexity index is 453. The molecule has 0 aliphatic carbocycles. The number of nitro groups is 1. The Labute approximate surface area is 110 Å². The fourth-order valence-corrected chi connectivity index (χ4v) is 2.29. The quantitative estimate of drug-likeness (QED) is 0.481. The highest BCUT2D eigenvalue weighted by Gasteiger charge is 2.26. The zero-order chi connectivity index (χ0) is 13.1. The molecule has 2 rings (SSSR count). The molecule has 0 radical (unpaired) electrons. The minimum absolute atomic E-state index is 0.113. The second-order valence-corrected chi connectivity index (χ2v) is 4.60. The van der Waals surface area contributed by atoms with Crippen molar-refractivity contribution in [3.8, 4) is 0 Å². The predicted molar refractivity (Wildman–Crippen MR) is 70.3 cm³/mol. The lowest BCUT2D eigenvalue weighted by Crippen LogP contribution is -2.43. The van der Waals surface area contributed by atoms with Crippen LogP contribution in [0.1, 0.15) is 12.5 Å². The van der Waals surface area contributed by atoms with Crippen LogP contribution in [0, 0.1) is 10.1 Å². The van der Waals surface area contributed by atoms with E-state index in [9.17, 15) is 10.1 Å². The predicted octanol–water partition coefficient (Wildman–Crippen LogP) is 2.56. The third-order valence-electron chi connectivity index (χ3n) is 3.07. The number of hydrogen-bond donors (Lipinski definition) is 0. The molecule has 18 heavy (non-hydrogen) atoms. The fraction of sp³-hybridized carbons (Fsp3) is 0.500. The van der Waals surface area contributed by atoms with E-state index in [0.29, 0.717) is 25.4 Å². The fourth-order valence-electron chi connectivity index (χ4n) is 2.13. The largest absolute Gasteiger partial charge is 0.377 e. The Kier molecular flexibility index (Phi) is 4.04. The van der Waals surface area contributed by atoms with Crippen molar-refractivity contribution in [2.24, 2.45) is 0 Å². The lowest BCUT2D eigenvalue weighted by molar-refractivity contribution is -0.384. The molecule has 0 aromatic heterocycles. The van der Waals surface area contributed by atoms with Crippen molar-refractivity contribution < 1.29 is 9.66 Å². The highest BCUT2D eigenvalue weighted by Crippen LogP contribution is 2.31. The number of hydrogen-bond acceptors (Lipinski definition) is 4. The van der Waals surface area contributed by atoms with Gasteiger partial charge in [-0.3, -0.25) is 10.1 Å². The lowest BCUT2D eigenvalue weighted by Gasteiger charge is -2.34. The standard InChI is InChI=1S/C12H15ClN2O3/c1-9-8-18-5-4-14(9)11-3-2-10(7-13)6-12(11)15(16)17/h2-3,6,9H,4-5,7-8H2,1H3. The minimum Gasteiger partial charge on any atom is -0.377 e. The first kappa shape index (κ1) is 13.1. The summed E-state index contributed by atoms with van der Waals surface area (Å²) in [5.74, 6) is 0.278. The minimum atomic E-state index is -0.354. The molecular weight excluding hydrogens is 256 g/mol. The van der Waals surface area contributed by atoms with Crippen LogP contribution in [0.3, 0.4) is 0 Å². The van der Waals surface area contributed by atoms with E-state index in [1.54, 1.807) is 12.1 Å². The number of rotatable bonds is 3. The van der Waals surface area contributed by atoms with Crippen LogP contribution < -0.4 is 4.90 Å². The highest BCUT2D eigenvalue weighted by atomic mass is 35.5. The molecule has 1 atom stereocenters. The van der Waals surface area contributed by atoms with Gasteiger partial charge in [0.05, 0.1) is 18.1 Å². The van der Waals surface area contributed by atoms with Crippen LogP contribution in [-0.4, -0.2) is 30.7 Å². The Hall–Kier alpha value is -1.33. The highest BCUT2D eigenvalue weighted by molar-refractivity contribution is 6.17. The van der Waals surface area contributed by atoms with Gasteiger partial charge in [0, 0.05) is 24.5 Å². The summed E-state index contributed by atoms with van der Waals surface area (Å²) in [5, 5.41) is 11.1. The van der Waals surface area contributed by atoms with Crippen LogP contribution in [0.25, 0.3) is 0 Å². The number of nitrogens with zero attached hydrogens (tertiary/aromatic N) is 2. The van der Waals surface area contributed by atoms with E-state index in [-0.39, 0.29) is 22.5 Å². The Morgan fingerprint density at radius 1 is 1.61 bits per heavy atom. The monoisotopic (exact) mass is 270 g/mol. The molecule has 5 nitrogen and oxygen atoms in total. The molecule has 1 heterocycles. The zero-order valence-electron chi connectivity index (χ0n) is 10.1. The molecule has 0 saturated carbocycles. The molecule has 0 amide bonds. The van der Waals surface area contributed by atoms with Gasteiger partial charge in [0.15, 0.2) is 0 Å². The van der Waals surface area contributed by atoms with Gasteiger partial charge in [-0.15, -0.1) is 11.6 Å². The van der Waals surface area contributed by atoms with Gasteiger partial charge in [-0.1, -0.05) is 6.07 Å². The number of anilines is 1. The maximum Gasteiger partial charge on any atom is 0.292 e. The number of nitro benzene ring substituents is 1. The summed E-state index contributed by atoms with van der Waals surface area (Å²) < 4.78 is 5.35. The number of morpholine rings is 1. The number of alkyl halides is 1. The van der Waals surface area contributed by atoms with E-state index < -0.39 is 0 Å².